The summed E-state index contributed by atoms with van der Waals surface area (Å²) in [5, 5.41) is 1.17. The summed E-state index contributed by atoms with van der Waals surface area (Å²) in [4.78, 5) is 0. The Hall–Kier alpha value is -1.44. The largest absolute Gasteiger partial charge is 0.398 e. The Labute approximate surface area is 90.7 Å². The van der Waals surface area contributed by atoms with Crippen LogP contribution < -0.4 is 5.73 Å². The lowest BCUT2D eigenvalue weighted by Gasteiger charge is -2.14. The third-order valence-corrected chi connectivity index (χ3v) is 2.98. The molecule has 0 aliphatic carbocycles. The normalized spacial score (nSPS) is 13.2. The zero-order chi connectivity index (χ0) is 10.8. The summed E-state index contributed by atoms with van der Waals surface area (Å²) in [5.41, 5.74) is 8.05. The molecule has 0 saturated heterocycles. The maximum absolute atomic E-state index is 5.93. The number of benzene rings is 1. The van der Waals surface area contributed by atoms with Crippen molar-refractivity contribution in [2.75, 3.05) is 5.73 Å². The minimum Gasteiger partial charge on any atom is -0.398 e. The fourth-order valence-electron chi connectivity index (χ4n) is 2.15. The second-order valence-corrected chi connectivity index (χ2v) is 4.14. The Kier molecular flexibility index (Phi) is 2.67. The van der Waals surface area contributed by atoms with Crippen molar-refractivity contribution >= 4 is 16.6 Å². The molecule has 0 aliphatic rings. The van der Waals surface area contributed by atoms with E-state index in [1.165, 1.54) is 23.7 Å². The van der Waals surface area contributed by atoms with E-state index in [-0.39, 0.29) is 0 Å². The number of nitrogens with zero attached hydrogens (tertiary/aromatic N) is 1. The standard InChI is InChI=1S/C13H18N2/c1-3-5-10(2)15-9-8-11-12(14)6-4-7-13(11)15/h4,6-10H,3,5,14H2,1-2H3. The van der Waals surface area contributed by atoms with Crippen LogP contribution in [-0.2, 0) is 0 Å². The lowest BCUT2D eigenvalue weighted by atomic mass is 10.2. The van der Waals surface area contributed by atoms with E-state index in [0.717, 1.165) is 5.69 Å². The van der Waals surface area contributed by atoms with Crippen LogP contribution in [0.3, 0.4) is 0 Å². The molecule has 2 heteroatoms. The van der Waals surface area contributed by atoms with Crippen LogP contribution in [-0.4, -0.2) is 4.57 Å². The van der Waals surface area contributed by atoms with Crippen molar-refractivity contribution in [2.24, 2.45) is 0 Å². The summed E-state index contributed by atoms with van der Waals surface area (Å²) in [5.74, 6) is 0. The van der Waals surface area contributed by atoms with E-state index in [1.807, 2.05) is 12.1 Å². The number of anilines is 1. The van der Waals surface area contributed by atoms with Crippen molar-refractivity contribution in [3.05, 3.63) is 30.5 Å². The molecule has 0 fully saturated rings. The first-order valence-corrected chi connectivity index (χ1v) is 5.59. The van der Waals surface area contributed by atoms with Crippen LogP contribution in [0.15, 0.2) is 30.5 Å². The highest BCUT2D eigenvalue weighted by atomic mass is 15.0. The Morgan fingerprint density at radius 3 is 2.87 bits per heavy atom. The number of nitrogen functional groups attached to an aromatic ring is 1. The van der Waals surface area contributed by atoms with Gasteiger partial charge in [-0.25, -0.2) is 0 Å². The van der Waals surface area contributed by atoms with Crippen LogP contribution in [0.25, 0.3) is 10.9 Å². The van der Waals surface area contributed by atoms with Gasteiger partial charge in [-0.05, 0) is 31.5 Å². The topological polar surface area (TPSA) is 30.9 Å². The molecule has 80 valence electrons. The molecule has 15 heavy (non-hydrogen) atoms. The Morgan fingerprint density at radius 2 is 2.13 bits per heavy atom. The fourth-order valence-corrected chi connectivity index (χ4v) is 2.15. The van der Waals surface area contributed by atoms with Gasteiger partial charge in [-0.3, -0.25) is 0 Å². The molecule has 1 unspecified atom stereocenters. The molecular weight excluding hydrogens is 184 g/mol. The molecular formula is C13H18N2. The van der Waals surface area contributed by atoms with Gasteiger partial charge >= 0.3 is 0 Å². The van der Waals surface area contributed by atoms with E-state index < -0.39 is 0 Å². The van der Waals surface area contributed by atoms with Crippen molar-refractivity contribution in [3.63, 3.8) is 0 Å². The van der Waals surface area contributed by atoms with E-state index in [1.54, 1.807) is 0 Å². The highest BCUT2D eigenvalue weighted by Crippen LogP contribution is 2.26. The van der Waals surface area contributed by atoms with Crippen LogP contribution in [0.2, 0.25) is 0 Å². The first-order valence-electron chi connectivity index (χ1n) is 5.59. The number of hydrogen-bond donors (Lipinski definition) is 1. The third-order valence-electron chi connectivity index (χ3n) is 2.98. The maximum Gasteiger partial charge on any atom is 0.0503 e. The summed E-state index contributed by atoms with van der Waals surface area (Å²) in [7, 11) is 0. The van der Waals surface area contributed by atoms with Crippen molar-refractivity contribution in [2.45, 2.75) is 32.7 Å². The first kappa shape index (κ1) is 10.1. The van der Waals surface area contributed by atoms with Gasteiger partial charge in [-0.2, -0.15) is 0 Å². The zero-order valence-corrected chi connectivity index (χ0v) is 9.40. The highest BCUT2D eigenvalue weighted by Gasteiger charge is 2.08. The number of fused-ring (bicyclic) bond motifs is 1. The zero-order valence-electron chi connectivity index (χ0n) is 9.40. The molecule has 0 bridgehead atoms. The Bertz CT molecular complexity index is 457. The van der Waals surface area contributed by atoms with E-state index in [9.17, 15) is 0 Å². The van der Waals surface area contributed by atoms with Gasteiger partial charge in [0, 0.05) is 23.3 Å². The van der Waals surface area contributed by atoms with Gasteiger partial charge in [0.2, 0.25) is 0 Å². The third kappa shape index (κ3) is 1.72. The second kappa shape index (κ2) is 3.97. The van der Waals surface area contributed by atoms with Gasteiger partial charge in [-0.15, -0.1) is 0 Å². The van der Waals surface area contributed by atoms with E-state index in [0.29, 0.717) is 6.04 Å². The summed E-state index contributed by atoms with van der Waals surface area (Å²) in [6.07, 6.45) is 4.56. The quantitative estimate of drug-likeness (QED) is 0.758. The molecule has 0 amide bonds. The molecule has 1 heterocycles. The molecule has 2 rings (SSSR count). The number of hydrogen-bond acceptors (Lipinski definition) is 1. The lowest BCUT2D eigenvalue weighted by molar-refractivity contribution is 0.515. The summed E-state index contributed by atoms with van der Waals surface area (Å²) in [6.45, 7) is 4.47. The number of nitrogens with two attached hydrogens (primary N) is 1. The van der Waals surface area contributed by atoms with E-state index >= 15 is 0 Å². The van der Waals surface area contributed by atoms with Gasteiger partial charge in [0.15, 0.2) is 0 Å². The van der Waals surface area contributed by atoms with Crippen LogP contribution in [0.1, 0.15) is 32.7 Å². The fraction of sp³-hybridized carbons (Fsp3) is 0.385. The average Bonchev–Trinajstić information content (AvgIpc) is 2.63. The first-order chi connectivity index (χ1) is 7.24. The van der Waals surface area contributed by atoms with Crippen molar-refractivity contribution in [1.82, 2.24) is 4.57 Å². The predicted octanol–water partition coefficient (Wildman–Crippen LogP) is 3.58. The van der Waals surface area contributed by atoms with Crippen LogP contribution >= 0.6 is 0 Å². The van der Waals surface area contributed by atoms with Crippen LogP contribution in [0, 0.1) is 0 Å². The van der Waals surface area contributed by atoms with Crippen molar-refractivity contribution in [1.29, 1.82) is 0 Å². The molecule has 0 saturated carbocycles. The van der Waals surface area contributed by atoms with Gasteiger partial charge in [0.25, 0.3) is 0 Å². The smallest absolute Gasteiger partial charge is 0.0503 e. The monoisotopic (exact) mass is 202 g/mol. The van der Waals surface area contributed by atoms with Crippen molar-refractivity contribution in [3.8, 4) is 0 Å². The molecule has 1 aromatic carbocycles. The minimum atomic E-state index is 0.550. The summed E-state index contributed by atoms with van der Waals surface area (Å²) >= 11 is 0. The lowest BCUT2D eigenvalue weighted by Crippen LogP contribution is -2.02. The number of aromatic nitrogens is 1. The Morgan fingerprint density at radius 1 is 1.33 bits per heavy atom. The van der Waals surface area contributed by atoms with Gasteiger partial charge in [0.05, 0.1) is 5.52 Å². The molecule has 1 atom stereocenters. The molecule has 0 aliphatic heterocycles. The molecule has 0 spiro atoms. The average molecular weight is 202 g/mol. The van der Waals surface area contributed by atoms with E-state index in [2.05, 4.69) is 36.7 Å². The number of rotatable bonds is 3. The minimum absolute atomic E-state index is 0.550. The van der Waals surface area contributed by atoms with Crippen molar-refractivity contribution < 1.29 is 0 Å². The molecule has 1 aromatic heterocycles. The molecule has 0 radical (unpaired) electrons. The highest BCUT2D eigenvalue weighted by molar-refractivity contribution is 5.91. The molecule has 2 aromatic rings. The SMILES string of the molecule is CCCC(C)n1ccc2c(N)cccc21. The maximum atomic E-state index is 5.93. The predicted molar refractivity (Wildman–Crippen MR) is 66.0 cm³/mol. The second-order valence-electron chi connectivity index (χ2n) is 4.14. The van der Waals surface area contributed by atoms with Gasteiger partial charge in [0.1, 0.15) is 0 Å². The van der Waals surface area contributed by atoms with Crippen LogP contribution in [0.4, 0.5) is 5.69 Å². The van der Waals surface area contributed by atoms with Crippen LogP contribution in [0.5, 0.6) is 0 Å². The van der Waals surface area contributed by atoms with Gasteiger partial charge in [-0.1, -0.05) is 19.4 Å². The summed E-state index contributed by atoms with van der Waals surface area (Å²) < 4.78 is 2.31. The van der Waals surface area contributed by atoms with Gasteiger partial charge < -0.3 is 10.3 Å². The Balaban J connectivity index is 2.49. The summed E-state index contributed by atoms with van der Waals surface area (Å²) in [6, 6.07) is 8.77. The molecule has 2 N–H and O–H groups in total. The van der Waals surface area contributed by atoms with E-state index in [4.69, 9.17) is 5.73 Å². The molecule has 2 nitrogen and oxygen atoms in total.